The third kappa shape index (κ3) is 14.3. The third-order valence-electron chi connectivity index (χ3n) is 6.20. The van der Waals surface area contributed by atoms with Gasteiger partial charge in [-0.15, -0.1) is 0 Å². The van der Waals surface area contributed by atoms with Gasteiger partial charge >= 0.3 is 66.5 Å². The van der Waals surface area contributed by atoms with Gasteiger partial charge in [0, 0.05) is 6.42 Å². The second-order valence-corrected chi connectivity index (χ2v) is 8.99. The molecule has 0 spiro atoms. The molecule has 188 valence electrons. The molecular formula is C29H46O3Pb2. The first-order valence-electron chi connectivity index (χ1n) is 12.9. The van der Waals surface area contributed by atoms with Gasteiger partial charge in [-0.25, -0.2) is 4.79 Å². The maximum atomic E-state index is 12.4. The van der Waals surface area contributed by atoms with Crippen LogP contribution in [-0.2, 0) is 9.53 Å². The van der Waals surface area contributed by atoms with Crippen LogP contribution in [0.25, 0.3) is 10.8 Å². The number of hydrogen-bond donors (Lipinski definition) is 0. The Kier molecular flexibility index (Phi) is 21.7. The van der Waals surface area contributed by atoms with Crippen LogP contribution in [0.4, 0.5) is 0 Å². The average molecular weight is 857 g/mol. The van der Waals surface area contributed by atoms with Gasteiger partial charge in [-0.3, -0.25) is 4.79 Å². The summed E-state index contributed by atoms with van der Waals surface area (Å²) in [7, 11) is 0. The van der Waals surface area contributed by atoms with E-state index < -0.39 is 11.9 Å². The molecule has 0 aliphatic rings. The van der Waals surface area contributed by atoms with Crippen LogP contribution < -0.4 is 0 Å². The predicted molar refractivity (Wildman–Crippen MR) is 151 cm³/mol. The van der Waals surface area contributed by atoms with E-state index in [2.05, 4.69) is 6.92 Å². The van der Waals surface area contributed by atoms with Crippen molar-refractivity contribution in [1.82, 2.24) is 0 Å². The van der Waals surface area contributed by atoms with Crippen molar-refractivity contribution >= 4 is 77.3 Å². The van der Waals surface area contributed by atoms with Crippen molar-refractivity contribution < 1.29 is 14.3 Å². The van der Waals surface area contributed by atoms with E-state index >= 15 is 0 Å². The maximum absolute atomic E-state index is 12.4. The molecule has 0 heterocycles. The Labute approximate surface area is 247 Å². The van der Waals surface area contributed by atoms with E-state index in [9.17, 15) is 9.59 Å². The molecular weight excluding hydrogens is 811 g/mol. The molecule has 0 fully saturated rings. The first-order chi connectivity index (χ1) is 15.7. The molecule has 0 aliphatic heterocycles. The zero-order valence-corrected chi connectivity index (χ0v) is 32.5. The van der Waals surface area contributed by atoms with Gasteiger partial charge in [0.2, 0.25) is 0 Å². The summed E-state index contributed by atoms with van der Waals surface area (Å²) in [6.07, 6.45) is 19.6. The van der Waals surface area contributed by atoms with Crippen LogP contribution in [0.2, 0.25) is 0 Å². The zero-order valence-electron chi connectivity index (χ0n) is 21.5. The summed E-state index contributed by atoms with van der Waals surface area (Å²) in [4.78, 5) is 24.4. The van der Waals surface area contributed by atoms with E-state index in [-0.39, 0.29) is 54.6 Å². The summed E-state index contributed by atoms with van der Waals surface area (Å²) in [5.41, 5.74) is 0.452. The second-order valence-electron chi connectivity index (χ2n) is 8.99. The standard InChI is InChI=1S/C29H42O3.2Pb.4H/c1-2-3-4-5-6-7-8-9-10-11-12-13-14-15-16-24-28(30)32-29(31)27-23-19-21-25-20-17-18-22-26(25)27;;;;;;/h17-23H,2-16,24H2,1H3;;;;;;. The number of rotatable bonds is 17. The van der Waals surface area contributed by atoms with Crippen molar-refractivity contribution in [2.75, 3.05) is 0 Å². The van der Waals surface area contributed by atoms with E-state index in [4.69, 9.17) is 4.74 Å². The molecule has 0 unspecified atom stereocenters. The molecule has 0 bridgehead atoms. The van der Waals surface area contributed by atoms with Crippen LogP contribution >= 0.6 is 0 Å². The minimum atomic E-state index is -0.548. The summed E-state index contributed by atoms with van der Waals surface area (Å²) in [5, 5.41) is 1.79. The molecule has 5 heteroatoms. The summed E-state index contributed by atoms with van der Waals surface area (Å²) in [5.74, 6) is -0.967. The molecule has 0 atom stereocenters. The van der Waals surface area contributed by atoms with Crippen LogP contribution in [0.1, 0.15) is 120 Å². The normalized spacial score (nSPS) is 10.4. The van der Waals surface area contributed by atoms with Gasteiger partial charge in [-0.2, -0.15) is 0 Å². The van der Waals surface area contributed by atoms with Crippen LogP contribution in [-0.4, -0.2) is 66.5 Å². The van der Waals surface area contributed by atoms with Crippen molar-refractivity contribution in [3.63, 3.8) is 0 Å². The average Bonchev–Trinajstić information content (AvgIpc) is 2.81. The third-order valence-corrected chi connectivity index (χ3v) is 6.20. The molecule has 0 N–H and O–H groups in total. The van der Waals surface area contributed by atoms with E-state index in [1.165, 1.54) is 77.0 Å². The number of esters is 2. The molecule has 0 saturated carbocycles. The van der Waals surface area contributed by atoms with E-state index in [1.54, 1.807) is 6.07 Å². The van der Waals surface area contributed by atoms with Gasteiger partial charge in [0.1, 0.15) is 0 Å². The molecule has 3 nitrogen and oxygen atoms in total. The fourth-order valence-electron chi connectivity index (χ4n) is 4.25. The number of benzene rings is 2. The van der Waals surface area contributed by atoms with Crippen LogP contribution in [0, 0.1) is 0 Å². The number of carbonyl (C=O) groups is 2. The van der Waals surface area contributed by atoms with Crippen molar-refractivity contribution in [2.24, 2.45) is 0 Å². The van der Waals surface area contributed by atoms with Gasteiger partial charge in [0.05, 0.1) is 5.56 Å². The first-order valence-corrected chi connectivity index (χ1v) is 12.9. The molecule has 0 aliphatic carbocycles. The number of unbranched alkanes of at least 4 members (excludes halogenated alkanes) is 14. The number of carbonyl (C=O) groups excluding carboxylic acids is 2. The Morgan fingerprint density at radius 2 is 1.09 bits per heavy atom. The summed E-state index contributed by atoms with van der Waals surface area (Å²) in [6, 6.07) is 13.1. The van der Waals surface area contributed by atoms with Gasteiger partial charge in [-0.05, 0) is 23.3 Å². The van der Waals surface area contributed by atoms with Gasteiger partial charge in [-0.1, -0.05) is 133 Å². The monoisotopic (exact) mass is 858 g/mol. The fraction of sp³-hybridized carbons (Fsp3) is 0.586. The van der Waals surface area contributed by atoms with Crippen molar-refractivity contribution in [1.29, 1.82) is 0 Å². The molecule has 0 saturated heterocycles. The number of hydrogen-bond acceptors (Lipinski definition) is 3. The summed E-state index contributed by atoms with van der Waals surface area (Å²) < 4.78 is 5.09. The number of fused-ring (bicyclic) bond motifs is 1. The molecule has 34 heavy (non-hydrogen) atoms. The Bertz CT molecular complexity index is 802. The van der Waals surface area contributed by atoms with Crippen molar-refractivity contribution in [3.8, 4) is 0 Å². The molecule has 0 aromatic heterocycles. The van der Waals surface area contributed by atoms with Gasteiger partial charge in [0.15, 0.2) is 0 Å². The molecule has 2 aromatic carbocycles. The Balaban J connectivity index is 0.00000544. The predicted octanol–water partition coefficient (Wildman–Crippen LogP) is 6.95. The molecule has 2 aromatic rings. The van der Waals surface area contributed by atoms with Crippen molar-refractivity contribution in [2.45, 2.75) is 110 Å². The first kappa shape index (κ1) is 33.7. The zero-order chi connectivity index (χ0) is 22.9. The van der Waals surface area contributed by atoms with Crippen LogP contribution in [0.15, 0.2) is 42.5 Å². The minimum absolute atomic E-state index is 0. The SMILES string of the molecule is CCCCCCCCCCCCCCCCCC(=O)OC(=O)c1cccc2ccccc12.[PbH2].[PbH2]. The van der Waals surface area contributed by atoms with E-state index in [1.807, 2.05) is 36.4 Å². The van der Waals surface area contributed by atoms with Crippen molar-refractivity contribution in [3.05, 3.63) is 48.0 Å². The van der Waals surface area contributed by atoms with E-state index in [0.29, 0.717) is 12.0 Å². The van der Waals surface area contributed by atoms with Crippen LogP contribution in [0.3, 0.4) is 0 Å². The fourth-order valence-corrected chi connectivity index (χ4v) is 4.25. The van der Waals surface area contributed by atoms with Gasteiger partial charge in [0.25, 0.3) is 0 Å². The summed E-state index contributed by atoms with van der Waals surface area (Å²) in [6.45, 7) is 2.27. The van der Waals surface area contributed by atoms with Crippen LogP contribution in [0.5, 0.6) is 0 Å². The molecule has 0 amide bonds. The topological polar surface area (TPSA) is 43.4 Å². The summed E-state index contributed by atoms with van der Waals surface area (Å²) >= 11 is 0. The van der Waals surface area contributed by atoms with Gasteiger partial charge < -0.3 is 4.74 Å². The Morgan fingerprint density at radius 3 is 1.65 bits per heavy atom. The number of ether oxygens (including phenoxy) is 1. The Hall–Kier alpha value is -0.316. The Morgan fingerprint density at radius 1 is 0.618 bits per heavy atom. The second kappa shape index (κ2) is 21.9. The molecule has 2 rings (SSSR count). The quantitative estimate of drug-likeness (QED) is 0.0750. The van der Waals surface area contributed by atoms with E-state index in [0.717, 1.165) is 30.0 Å². The molecule has 4 radical (unpaired) electrons.